The van der Waals surface area contributed by atoms with Crippen LogP contribution < -0.4 is 16.0 Å². The Bertz CT molecular complexity index is 275. The molecule has 0 heterocycles. The highest BCUT2D eigenvalue weighted by molar-refractivity contribution is 5.83. The molecule has 1 aliphatic rings. The Balaban J connectivity index is 2.17. The van der Waals surface area contributed by atoms with Crippen molar-refractivity contribution in [1.29, 1.82) is 0 Å². The van der Waals surface area contributed by atoms with Crippen LogP contribution in [0, 0.1) is 0 Å². The van der Waals surface area contributed by atoms with Crippen LogP contribution in [0.15, 0.2) is 0 Å². The van der Waals surface area contributed by atoms with E-state index in [1.807, 2.05) is 6.92 Å². The predicted octanol–water partition coefficient (Wildman–Crippen LogP) is 0.549. The van der Waals surface area contributed by atoms with E-state index in [4.69, 9.17) is 0 Å². The van der Waals surface area contributed by atoms with E-state index in [2.05, 4.69) is 16.0 Å². The summed E-state index contributed by atoms with van der Waals surface area (Å²) in [6, 6.07) is -0.00474. The van der Waals surface area contributed by atoms with Crippen molar-refractivity contribution in [3.63, 3.8) is 0 Å². The van der Waals surface area contributed by atoms with Crippen LogP contribution in [-0.4, -0.2) is 37.0 Å². The van der Waals surface area contributed by atoms with E-state index in [1.54, 1.807) is 6.92 Å². The molecular formula is C13H25N3O2. The zero-order valence-electron chi connectivity index (χ0n) is 11.4. The lowest BCUT2D eigenvalue weighted by Crippen LogP contribution is -2.47. The second kappa shape index (κ2) is 8.08. The Morgan fingerprint density at radius 2 is 1.89 bits per heavy atom. The third-order valence-electron chi connectivity index (χ3n) is 3.28. The van der Waals surface area contributed by atoms with E-state index in [0.29, 0.717) is 12.6 Å². The van der Waals surface area contributed by atoms with Gasteiger partial charge in [-0.3, -0.25) is 14.9 Å². The molecule has 5 heteroatoms. The highest BCUT2D eigenvalue weighted by Crippen LogP contribution is 2.16. The molecule has 2 amide bonds. The number of amides is 2. The van der Waals surface area contributed by atoms with Crippen molar-refractivity contribution >= 4 is 11.8 Å². The van der Waals surface area contributed by atoms with E-state index in [0.717, 1.165) is 12.8 Å². The second-order valence-corrected chi connectivity index (χ2v) is 4.90. The van der Waals surface area contributed by atoms with Crippen LogP contribution in [0.4, 0.5) is 0 Å². The van der Waals surface area contributed by atoms with Crippen molar-refractivity contribution in [2.24, 2.45) is 0 Å². The van der Waals surface area contributed by atoms with Crippen LogP contribution in [0.1, 0.15) is 46.0 Å². The molecule has 0 bridgehead atoms. The molecule has 3 N–H and O–H groups in total. The highest BCUT2D eigenvalue weighted by atomic mass is 16.2. The maximum absolute atomic E-state index is 11.7. The Kier molecular flexibility index (Phi) is 6.72. The van der Waals surface area contributed by atoms with Crippen molar-refractivity contribution < 1.29 is 9.59 Å². The first-order valence-electron chi connectivity index (χ1n) is 6.94. The summed E-state index contributed by atoms with van der Waals surface area (Å²) >= 11 is 0. The average molecular weight is 255 g/mol. The smallest absolute Gasteiger partial charge is 0.236 e. The van der Waals surface area contributed by atoms with Gasteiger partial charge in [0.1, 0.15) is 0 Å². The molecule has 0 radical (unpaired) electrons. The molecule has 1 aliphatic carbocycles. The molecule has 0 aromatic heterocycles. The maximum atomic E-state index is 11.7. The molecule has 1 unspecified atom stereocenters. The van der Waals surface area contributed by atoms with Crippen LogP contribution in [0.2, 0.25) is 0 Å². The lowest BCUT2D eigenvalue weighted by Gasteiger charge is -2.23. The van der Waals surface area contributed by atoms with Gasteiger partial charge in [-0.15, -0.1) is 0 Å². The van der Waals surface area contributed by atoms with Crippen LogP contribution in [0.5, 0.6) is 0 Å². The summed E-state index contributed by atoms with van der Waals surface area (Å²) in [7, 11) is 0. The van der Waals surface area contributed by atoms with Crippen LogP contribution >= 0.6 is 0 Å². The van der Waals surface area contributed by atoms with Gasteiger partial charge in [-0.05, 0) is 26.7 Å². The molecule has 18 heavy (non-hydrogen) atoms. The van der Waals surface area contributed by atoms with Gasteiger partial charge in [0, 0.05) is 12.6 Å². The van der Waals surface area contributed by atoms with Gasteiger partial charge < -0.3 is 10.6 Å². The van der Waals surface area contributed by atoms with Crippen molar-refractivity contribution in [3.05, 3.63) is 0 Å². The molecule has 104 valence electrons. The minimum Gasteiger partial charge on any atom is -0.355 e. The summed E-state index contributed by atoms with van der Waals surface area (Å²) in [6.07, 6.45) is 5.84. The van der Waals surface area contributed by atoms with Gasteiger partial charge in [-0.1, -0.05) is 19.3 Å². The minimum absolute atomic E-state index is 0.0157. The fraction of sp³-hybridized carbons (Fsp3) is 0.846. The van der Waals surface area contributed by atoms with Gasteiger partial charge in [-0.2, -0.15) is 0 Å². The zero-order chi connectivity index (χ0) is 13.4. The Labute approximate surface area is 109 Å². The number of rotatable bonds is 6. The fourth-order valence-electron chi connectivity index (χ4n) is 2.19. The Morgan fingerprint density at radius 3 is 2.50 bits per heavy atom. The first-order chi connectivity index (χ1) is 8.63. The zero-order valence-corrected chi connectivity index (χ0v) is 11.4. The molecule has 0 aromatic rings. The number of nitrogens with one attached hydrogen (secondary N) is 3. The second-order valence-electron chi connectivity index (χ2n) is 4.90. The van der Waals surface area contributed by atoms with E-state index < -0.39 is 0 Å². The molecule has 0 spiro atoms. The first-order valence-corrected chi connectivity index (χ1v) is 6.94. The van der Waals surface area contributed by atoms with Crippen LogP contribution in [0.25, 0.3) is 0 Å². The van der Waals surface area contributed by atoms with Gasteiger partial charge in [0.05, 0.1) is 12.6 Å². The quantitative estimate of drug-likeness (QED) is 0.649. The summed E-state index contributed by atoms with van der Waals surface area (Å²) in [5.74, 6) is -0.0824. The molecule has 1 atom stereocenters. The lowest BCUT2D eigenvalue weighted by atomic mass is 9.95. The van der Waals surface area contributed by atoms with Gasteiger partial charge in [0.25, 0.3) is 0 Å². The van der Waals surface area contributed by atoms with E-state index in [1.165, 1.54) is 19.3 Å². The molecule has 0 aliphatic heterocycles. The molecule has 1 fully saturated rings. The first kappa shape index (κ1) is 15.0. The number of hydrogen-bond donors (Lipinski definition) is 3. The van der Waals surface area contributed by atoms with Crippen LogP contribution in [0.3, 0.4) is 0 Å². The topological polar surface area (TPSA) is 70.2 Å². The summed E-state index contributed by atoms with van der Waals surface area (Å²) in [5.41, 5.74) is 0. The molecule has 1 rings (SSSR count). The van der Waals surface area contributed by atoms with Gasteiger partial charge in [0.15, 0.2) is 0 Å². The molecule has 0 aromatic carbocycles. The standard InChI is InChI=1S/C13H25N3O2/c1-3-14-13(18)10(2)15-9-12(17)16-11-7-5-4-6-8-11/h10-11,15H,3-9H2,1-2H3,(H,14,18)(H,16,17). The van der Waals surface area contributed by atoms with Crippen molar-refractivity contribution in [3.8, 4) is 0 Å². The molecule has 1 saturated carbocycles. The Morgan fingerprint density at radius 1 is 1.22 bits per heavy atom. The molecular weight excluding hydrogens is 230 g/mol. The summed E-state index contributed by atoms with van der Waals surface area (Å²) in [4.78, 5) is 23.1. The number of likely N-dealkylation sites (N-methyl/N-ethyl adjacent to an activating group) is 1. The van der Waals surface area contributed by atoms with Crippen molar-refractivity contribution in [2.45, 2.75) is 58.0 Å². The normalized spacial score (nSPS) is 18.1. The fourth-order valence-corrected chi connectivity index (χ4v) is 2.19. The average Bonchev–Trinajstić information content (AvgIpc) is 2.37. The number of hydrogen-bond acceptors (Lipinski definition) is 3. The predicted molar refractivity (Wildman–Crippen MR) is 71.2 cm³/mol. The van der Waals surface area contributed by atoms with E-state index in [9.17, 15) is 9.59 Å². The van der Waals surface area contributed by atoms with Crippen molar-refractivity contribution in [2.75, 3.05) is 13.1 Å². The maximum Gasteiger partial charge on any atom is 0.236 e. The minimum atomic E-state index is -0.331. The number of carbonyl (C=O) groups excluding carboxylic acids is 2. The SMILES string of the molecule is CCNC(=O)C(C)NCC(=O)NC1CCCCC1. The van der Waals surface area contributed by atoms with Gasteiger partial charge in [0.2, 0.25) is 11.8 Å². The van der Waals surface area contributed by atoms with E-state index in [-0.39, 0.29) is 24.4 Å². The van der Waals surface area contributed by atoms with Crippen molar-refractivity contribution in [1.82, 2.24) is 16.0 Å². The lowest BCUT2D eigenvalue weighted by molar-refractivity contribution is -0.123. The summed E-state index contributed by atoms with van der Waals surface area (Å²) < 4.78 is 0. The molecule has 0 saturated heterocycles. The molecule has 5 nitrogen and oxygen atoms in total. The van der Waals surface area contributed by atoms with Gasteiger partial charge in [-0.25, -0.2) is 0 Å². The monoisotopic (exact) mass is 255 g/mol. The van der Waals surface area contributed by atoms with Crippen LogP contribution in [-0.2, 0) is 9.59 Å². The third-order valence-corrected chi connectivity index (χ3v) is 3.28. The summed E-state index contributed by atoms with van der Waals surface area (Å²) in [6.45, 7) is 4.45. The largest absolute Gasteiger partial charge is 0.355 e. The Hall–Kier alpha value is -1.10. The van der Waals surface area contributed by atoms with Gasteiger partial charge >= 0.3 is 0 Å². The van der Waals surface area contributed by atoms with E-state index >= 15 is 0 Å². The highest BCUT2D eigenvalue weighted by Gasteiger charge is 2.17. The summed E-state index contributed by atoms with van der Waals surface area (Å²) in [5, 5.41) is 8.66. The third kappa shape index (κ3) is 5.49. The number of carbonyl (C=O) groups is 2.